The van der Waals surface area contributed by atoms with Crippen LogP contribution in [0.3, 0.4) is 0 Å². The van der Waals surface area contributed by atoms with E-state index >= 15 is 0 Å². The average molecular weight is 670 g/mol. The fraction of sp³-hybridized carbons (Fsp3) is 0.118. The second-order valence-electron chi connectivity index (χ2n) is 10.8. The summed E-state index contributed by atoms with van der Waals surface area (Å²) in [5.41, 5.74) is 1.55. The molecule has 1 heterocycles. The van der Waals surface area contributed by atoms with E-state index in [4.69, 9.17) is 9.05 Å². The molecule has 5 aromatic carbocycles. The lowest BCUT2D eigenvalue weighted by Gasteiger charge is -2.31. The van der Waals surface area contributed by atoms with Gasteiger partial charge in [0.1, 0.15) is 23.0 Å². The maximum atomic E-state index is 13.8. The Bertz CT molecular complexity index is 2120. The zero-order chi connectivity index (χ0) is 33.1. The minimum absolute atomic E-state index is 0.00872. The summed E-state index contributed by atoms with van der Waals surface area (Å²) in [6, 6.07) is 25.9. The van der Waals surface area contributed by atoms with E-state index in [1.165, 1.54) is 42.5 Å². The Hall–Kier alpha value is -4.93. The highest BCUT2D eigenvalue weighted by Crippen LogP contribution is 2.61. The molecule has 5 aromatic rings. The molecule has 7 rings (SSSR count). The SMILES string of the molecule is O=P1(O)OC2=C(c3ccccc3C[C@H]2c2ccccc2OC(F)(F)F)c2c(c(-c3ccccc3OC(F)(F)F)cc3ccccc23)O1. The van der Waals surface area contributed by atoms with Crippen molar-refractivity contribution in [2.45, 2.75) is 25.1 Å². The fourth-order valence-corrected chi connectivity index (χ4v) is 7.12. The monoisotopic (exact) mass is 670 g/mol. The molecule has 13 heteroatoms. The van der Waals surface area contributed by atoms with Gasteiger partial charge in [-0.05, 0) is 46.5 Å². The summed E-state index contributed by atoms with van der Waals surface area (Å²) in [7, 11) is -5.14. The summed E-state index contributed by atoms with van der Waals surface area (Å²) in [4.78, 5) is 11.2. The molecule has 1 aliphatic carbocycles. The normalized spacial score (nSPS) is 19.1. The van der Waals surface area contributed by atoms with E-state index in [0.29, 0.717) is 21.9 Å². The number of hydrogen-bond donors (Lipinski definition) is 1. The summed E-state index contributed by atoms with van der Waals surface area (Å²) in [6.45, 7) is 0. The standard InChI is InChI=1S/C34H21F6O6P/c35-33(36,37)43-27-15-7-5-13-23(27)25-17-19-9-1-3-11-21(19)29-30-22-12-4-2-10-20(22)18-26(32(30)46-47(41,42)45-31(25)29)24-14-6-8-16-28(24)44-34(38,39)40/h1-17,26H,18H2,(H,41,42)/t26-/m0/s1. The molecule has 0 bridgehead atoms. The number of rotatable bonds is 4. The number of allylic oxidation sites excluding steroid dienone is 1. The van der Waals surface area contributed by atoms with Crippen LogP contribution in [0.25, 0.3) is 27.5 Å². The lowest BCUT2D eigenvalue weighted by molar-refractivity contribution is -0.275. The first-order valence-corrected chi connectivity index (χ1v) is 15.6. The van der Waals surface area contributed by atoms with Gasteiger partial charge in [-0.3, -0.25) is 4.89 Å². The van der Waals surface area contributed by atoms with E-state index in [1.54, 1.807) is 48.5 Å². The first-order chi connectivity index (χ1) is 22.3. The summed E-state index contributed by atoms with van der Waals surface area (Å²) >= 11 is 0. The Kier molecular flexibility index (Phi) is 7.25. The molecule has 6 nitrogen and oxygen atoms in total. The third-order valence-corrected chi connectivity index (χ3v) is 8.71. The van der Waals surface area contributed by atoms with E-state index in [2.05, 4.69) is 9.47 Å². The van der Waals surface area contributed by atoms with Gasteiger partial charge in [0.05, 0.1) is 5.92 Å². The third kappa shape index (κ3) is 5.90. The molecule has 0 saturated carbocycles. The van der Waals surface area contributed by atoms with Crippen molar-refractivity contribution in [3.8, 4) is 28.4 Å². The number of alkyl halides is 6. The lowest BCUT2D eigenvalue weighted by Crippen LogP contribution is -2.21. The van der Waals surface area contributed by atoms with E-state index in [9.17, 15) is 35.8 Å². The molecular formula is C34H21F6O6P. The van der Waals surface area contributed by atoms with Crippen LogP contribution in [-0.4, -0.2) is 17.6 Å². The van der Waals surface area contributed by atoms with Crippen molar-refractivity contribution in [1.82, 2.24) is 0 Å². The number of halogens is 6. The van der Waals surface area contributed by atoms with Gasteiger partial charge in [-0.2, -0.15) is 0 Å². The summed E-state index contributed by atoms with van der Waals surface area (Å²) < 4.78 is 115. The molecule has 0 aromatic heterocycles. The van der Waals surface area contributed by atoms with E-state index in [0.717, 1.165) is 12.1 Å². The zero-order valence-electron chi connectivity index (χ0n) is 23.8. The highest BCUT2D eigenvalue weighted by Gasteiger charge is 2.44. The molecule has 2 atom stereocenters. The molecule has 1 N–H and O–H groups in total. The van der Waals surface area contributed by atoms with Gasteiger partial charge in [-0.15, -0.1) is 26.3 Å². The first kappa shape index (κ1) is 30.7. The Morgan fingerprint density at radius 3 is 2.04 bits per heavy atom. The van der Waals surface area contributed by atoms with Crippen molar-refractivity contribution in [1.29, 1.82) is 0 Å². The van der Waals surface area contributed by atoms with E-state index in [1.807, 2.05) is 0 Å². The number of phosphoric ester groups is 1. The number of phosphoric acid groups is 1. The van der Waals surface area contributed by atoms with Gasteiger partial charge in [0.15, 0.2) is 0 Å². The van der Waals surface area contributed by atoms with E-state index in [-0.39, 0.29) is 45.8 Å². The largest absolute Gasteiger partial charge is 0.584 e. The predicted molar refractivity (Wildman–Crippen MR) is 160 cm³/mol. The molecule has 240 valence electrons. The quantitative estimate of drug-likeness (QED) is 0.152. The van der Waals surface area contributed by atoms with Crippen molar-refractivity contribution < 1.29 is 54.3 Å². The van der Waals surface area contributed by atoms with Gasteiger partial charge in [0.25, 0.3) is 0 Å². The Labute approximate surface area is 263 Å². The zero-order valence-corrected chi connectivity index (χ0v) is 24.7. The number of hydrogen-bond acceptors (Lipinski definition) is 5. The Balaban J connectivity index is 1.59. The second kappa shape index (κ2) is 11.1. The highest BCUT2D eigenvalue weighted by molar-refractivity contribution is 7.48. The van der Waals surface area contributed by atoms with Crippen LogP contribution in [-0.2, 0) is 15.5 Å². The molecule has 1 aliphatic heterocycles. The van der Waals surface area contributed by atoms with Crippen molar-refractivity contribution in [2.75, 3.05) is 0 Å². The van der Waals surface area contributed by atoms with E-state index < -0.39 is 38.0 Å². The fourth-order valence-electron chi connectivity index (χ4n) is 6.20. The van der Waals surface area contributed by atoms with Crippen molar-refractivity contribution >= 4 is 24.2 Å². The van der Waals surface area contributed by atoms with Crippen LogP contribution in [0, 0.1) is 0 Å². The Morgan fingerprint density at radius 1 is 0.702 bits per heavy atom. The molecule has 0 radical (unpaired) electrons. The number of ether oxygens (including phenoxy) is 2. The smallest absolute Gasteiger partial charge is 0.405 e. The van der Waals surface area contributed by atoms with Crippen LogP contribution in [0.5, 0.6) is 17.2 Å². The Morgan fingerprint density at radius 2 is 1.30 bits per heavy atom. The topological polar surface area (TPSA) is 74.2 Å². The number of benzene rings is 5. The molecule has 0 saturated heterocycles. The van der Waals surface area contributed by atoms with Gasteiger partial charge < -0.3 is 18.5 Å². The van der Waals surface area contributed by atoms with Gasteiger partial charge in [-0.25, -0.2) is 4.57 Å². The molecule has 47 heavy (non-hydrogen) atoms. The number of para-hydroxylation sites is 2. The van der Waals surface area contributed by atoms with Gasteiger partial charge in [0, 0.05) is 27.8 Å². The van der Waals surface area contributed by atoms with Crippen LogP contribution in [0.4, 0.5) is 26.3 Å². The first-order valence-electron chi connectivity index (χ1n) is 14.1. The van der Waals surface area contributed by atoms with Gasteiger partial charge >= 0.3 is 20.5 Å². The molecule has 0 spiro atoms. The van der Waals surface area contributed by atoms with Crippen molar-refractivity contribution in [3.63, 3.8) is 0 Å². The van der Waals surface area contributed by atoms with Crippen LogP contribution in [0.2, 0.25) is 0 Å². The third-order valence-electron chi connectivity index (χ3n) is 7.87. The minimum Gasteiger partial charge on any atom is -0.405 e. The van der Waals surface area contributed by atoms with Gasteiger partial charge in [-0.1, -0.05) is 84.9 Å². The van der Waals surface area contributed by atoms with Crippen LogP contribution >= 0.6 is 7.82 Å². The minimum atomic E-state index is -5.14. The summed E-state index contributed by atoms with van der Waals surface area (Å²) in [5.74, 6) is -2.62. The number of fused-ring (bicyclic) bond motifs is 6. The summed E-state index contributed by atoms with van der Waals surface area (Å²) in [5, 5.41) is 1.00. The van der Waals surface area contributed by atoms with Crippen LogP contribution in [0.15, 0.2) is 109 Å². The lowest BCUT2D eigenvalue weighted by atomic mass is 9.76. The van der Waals surface area contributed by atoms with Crippen molar-refractivity contribution in [2.24, 2.45) is 0 Å². The molecular weight excluding hydrogens is 649 g/mol. The molecule has 0 fully saturated rings. The maximum Gasteiger partial charge on any atom is 0.584 e. The highest BCUT2D eigenvalue weighted by atomic mass is 31.2. The average Bonchev–Trinajstić information content (AvgIpc) is 3.13. The predicted octanol–water partition coefficient (Wildman–Crippen LogP) is 9.91. The van der Waals surface area contributed by atoms with Gasteiger partial charge in [0.2, 0.25) is 0 Å². The van der Waals surface area contributed by atoms with Crippen LogP contribution < -0.4 is 14.0 Å². The molecule has 2 aliphatic rings. The van der Waals surface area contributed by atoms with Crippen molar-refractivity contribution in [3.05, 3.63) is 131 Å². The summed E-state index contributed by atoms with van der Waals surface area (Å²) in [6.07, 6.45) is -10.0. The molecule has 1 unspecified atom stereocenters. The maximum absolute atomic E-state index is 13.8. The molecule has 0 amide bonds. The van der Waals surface area contributed by atoms with Crippen LogP contribution in [0.1, 0.15) is 28.2 Å². The second-order valence-corrected chi connectivity index (χ2v) is 12.1.